The average molecular weight is 286 g/mol. The highest BCUT2D eigenvalue weighted by Crippen LogP contribution is 2.13. The highest BCUT2D eigenvalue weighted by molar-refractivity contribution is 5.94. The highest BCUT2D eigenvalue weighted by Gasteiger charge is 2.05. The molecule has 0 saturated carbocycles. The number of rotatable bonds is 3. The van der Waals surface area contributed by atoms with Gasteiger partial charge in [-0.3, -0.25) is 0 Å². The Morgan fingerprint density at radius 3 is 2.26 bits per heavy atom. The zero-order valence-corrected chi connectivity index (χ0v) is 11.2. The van der Waals surface area contributed by atoms with Crippen molar-refractivity contribution in [3.63, 3.8) is 0 Å². The Bertz CT molecular complexity index is 480. The van der Waals surface area contributed by atoms with Crippen molar-refractivity contribution in [2.24, 2.45) is 27.2 Å². The Balaban J connectivity index is 0.00000324. The van der Waals surface area contributed by atoms with Crippen molar-refractivity contribution >= 4 is 36.0 Å². The summed E-state index contributed by atoms with van der Waals surface area (Å²) in [7, 11) is 0. The van der Waals surface area contributed by atoms with Crippen molar-refractivity contribution in [3.8, 4) is 0 Å². The molecule has 19 heavy (non-hydrogen) atoms. The molecule has 0 aliphatic carbocycles. The first-order valence-corrected chi connectivity index (χ1v) is 5.24. The minimum absolute atomic E-state index is 0. The number of ether oxygens (including phenoxy) is 1. The number of hydrogen-bond acceptors (Lipinski definition) is 3. The van der Waals surface area contributed by atoms with Gasteiger partial charge in [-0.2, -0.15) is 4.99 Å². The lowest BCUT2D eigenvalue weighted by Gasteiger charge is -2.01. The normalized spacial score (nSPS) is 10.3. The second-order valence-electron chi connectivity index (χ2n) is 3.27. The molecular formula is C11H16ClN5O2. The number of carbonyl (C=O) groups is 1. The molecule has 0 radical (unpaired) electrons. The first kappa shape index (κ1) is 16.7. The Hall–Kier alpha value is -2.28. The van der Waals surface area contributed by atoms with Gasteiger partial charge < -0.3 is 21.9 Å². The largest absolute Gasteiger partial charge is 0.462 e. The van der Waals surface area contributed by atoms with E-state index in [0.717, 1.165) is 0 Å². The van der Waals surface area contributed by atoms with Crippen molar-refractivity contribution in [3.05, 3.63) is 29.8 Å². The van der Waals surface area contributed by atoms with Crippen LogP contribution in [-0.4, -0.2) is 24.5 Å². The summed E-state index contributed by atoms with van der Waals surface area (Å²) in [5.41, 5.74) is 16.7. The third kappa shape index (κ3) is 5.73. The van der Waals surface area contributed by atoms with E-state index in [2.05, 4.69) is 9.98 Å². The first-order valence-electron chi connectivity index (χ1n) is 5.24. The molecule has 0 fully saturated rings. The fraction of sp³-hybridized carbons (Fsp3) is 0.182. The van der Waals surface area contributed by atoms with E-state index >= 15 is 0 Å². The molecule has 0 spiro atoms. The third-order valence-electron chi connectivity index (χ3n) is 1.87. The van der Waals surface area contributed by atoms with Crippen LogP contribution in [0.25, 0.3) is 0 Å². The maximum absolute atomic E-state index is 11.4. The number of esters is 1. The van der Waals surface area contributed by atoms with Gasteiger partial charge in [0.05, 0.1) is 17.9 Å². The summed E-state index contributed by atoms with van der Waals surface area (Å²) in [6.45, 7) is 2.07. The van der Waals surface area contributed by atoms with Gasteiger partial charge in [-0.05, 0) is 31.2 Å². The second-order valence-corrected chi connectivity index (χ2v) is 3.27. The molecule has 0 atom stereocenters. The standard InChI is InChI=1S/C11H15N5O2.ClH/c1-2-18-9(17)7-3-5-8(6-4-7)15-11(14)16-10(12)13;/h3-6H,2H2,1H3,(H6,12,13,14,15,16);1H. The predicted octanol–water partition coefficient (Wildman–Crippen LogP) is 0.505. The van der Waals surface area contributed by atoms with Crippen molar-refractivity contribution in [2.75, 3.05) is 6.61 Å². The van der Waals surface area contributed by atoms with Gasteiger partial charge in [0.25, 0.3) is 0 Å². The smallest absolute Gasteiger partial charge is 0.338 e. The maximum atomic E-state index is 11.4. The van der Waals surface area contributed by atoms with Gasteiger partial charge in [0.2, 0.25) is 5.96 Å². The number of nitrogens with zero attached hydrogens (tertiary/aromatic N) is 2. The van der Waals surface area contributed by atoms with E-state index in [4.69, 9.17) is 21.9 Å². The zero-order chi connectivity index (χ0) is 13.5. The molecule has 0 aliphatic rings. The molecule has 8 heteroatoms. The van der Waals surface area contributed by atoms with Gasteiger partial charge in [-0.25, -0.2) is 9.79 Å². The van der Waals surface area contributed by atoms with E-state index in [9.17, 15) is 4.79 Å². The van der Waals surface area contributed by atoms with Crippen LogP contribution in [0.1, 0.15) is 17.3 Å². The number of hydrogen-bond donors (Lipinski definition) is 3. The second kappa shape index (κ2) is 7.93. The molecule has 104 valence electrons. The summed E-state index contributed by atoms with van der Waals surface area (Å²) >= 11 is 0. The van der Waals surface area contributed by atoms with Gasteiger partial charge in [-0.15, -0.1) is 12.4 Å². The summed E-state index contributed by atoms with van der Waals surface area (Å²) in [6, 6.07) is 6.39. The van der Waals surface area contributed by atoms with Crippen molar-refractivity contribution < 1.29 is 9.53 Å². The van der Waals surface area contributed by atoms with Crippen LogP contribution in [0.3, 0.4) is 0 Å². The lowest BCUT2D eigenvalue weighted by molar-refractivity contribution is 0.0526. The van der Waals surface area contributed by atoms with Crippen LogP contribution < -0.4 is 17.2 Å². The predicted molar refractivity (Wildman–Crippen MR) is 76.7 cm³/mol. The number of nitrogens with two attached hydrogens (primary N) is 3. The molecule has 0 aromatic heterocycles. The Morgan fingerprint density at radius 2 is 1.79 bits per heavy atom. The molecule has 0 unspecified atom stereocenters. The number of benzene rings is 1. The van der Waals surface area contributed by atoms with E-state index in [1.807, 2.05) is 0 Å². The highest BCUT2D eigenvalue weighted by atomic mass is 35.5. The Labute approximate surface area is 116 Å². The van der Waals surface area contributed by atoms with Crippen molar-refractivity contribution in [1.29, 1.82) is 0 Å². The molecule has 6 N–H and O–H groups in total. The molecule has 7 nitrogen and oxygen atoms in total. The monoisotopic (exact) mass is 285 g/mol. The van der Waals surface area contributed by atoms with Crippen molar-refractivity contribution in [1.82, 2.24) is 0 Å². The van der Waals surface area contributed by atoms with E-state index < -0.39 is 0 Å². The molecule has 1 rings (SSSR count). The van der Waals surface area contributed by atoms with Gasteiger partial charge in [0, 0.05) is 0 Å². The molecule has 1 aromatic rings. The van der Waals surface area contributed by atoms with Gasteiger partial charge in [0.1, 0.15) is 0 Å². The van der Waals surface area contributed by atoms with Crippen LogP contribution in [0.15, 0.2) is 34.3 Å². The first-order chi connectivity index (χ1) is 8.52. The molecule has 0 heterocycles. The number of halogens is 1. The van der Waals surface area contributed by atoms with E-state index in [1.54, 1.807) is 31.2 Å². The maximum Gasteiger partial charge on any atom is 0.338 e. The minimum Gasteiger partial charge on any atom is -0.462 e. The summed E-state index contributed by atoms with van der Waals surface area (Å²) in [6.07, 6.45) is 0. The van der Waals surface area contributed by atoms with Crippen LogP contribution in [0, 0.1) is 0 Å². The van der Waals surface area contributed by atoms with Crippen LogP contribution in [0.4, 0.5) is 5.69 Å². The molecule has 0 aliphatic heterocycles. The lowest BCUT2D eigenvalue weighted by atomic mass is 10.2. The fourth-order valence-electron chi connectivity index (χ4n) is 1.18. The van der Waals surface area contributed by atoms with E-state index in [1.165, 1.54) is 0 Å². The SMILES string of the molecule is CCOC(=O)c1ccc(N=C(N)N=C(N)N)cc1.Cl. The molecule has 0 amide bonds. The van der Waals surface area contributed by atoms with Crippen LogP contribution in [0.5, 0.6) is 0 Å². The van der Waals surface area contributed by atoms with Gasteiger partial charge >= 0.3 is 5.97 Å². The fourth-order valence-corrected chi connectivity index (χ4v) is 1.18. The van der Waals surface area contributed by atoms with E-state index in [0.29, 0.717) is 17.9 Å². The number of carbonyl (C=O) groups excluding carboxylic acids is 1. The minimum atomic E-state index is -0.384. The summed E-state index contributed by atoms with van der Waals surface area (Å²) in [5.74, 6) is -0.608. The van der Waals surface area contributed by atoms with Crippen LogP contribution in [-0.2, 0) is 4.74 Å². The Morgan fingerprint density at radius 1 is 1.21 bits per heavy atom. The Kier molecular flexibility index (Phi) is 6.98. The molecule has 0 saturated heterocycles. The average Bonchev–Trinajstić information content (AvgIpc) is 2.29. The van der Waals surface area contributed by atoms with Gasteiger partial charge in [-0.1, -0.05) is 0 Å². The summed E-state index contributed by atoms with van der Waals surface area (Å²) in [4.78, 5) is 18.9. The van der Waals surface area contributed by atoms with Gasteiger partial charge in [0.15, 0.2) is 5.96 Å². The molecule has 1 aromatic carbocycles. The summed E-state index contributed by atoms with van der Waals surface area (Å²) < 4.78 is 4.85. The van der Waals surface area contributed by atoms with Crippen LogP contribution in [0.2, 0.25) is 0 Å². The van der Waals surface area contributed by atoms with Crippen LogP contribution >= 0.6 is 12.4 Å². The van der Waals surface area contributed by atoms with E-state index in [-0.39, 0.29) is 30.3 Å². The quantitative estimate of drug-likeness (QED) is 0.423. The zero-order valence-electron chi connectivity index (χ0n) is 10.4. The molecular weight excluding hydrogens is 270 g/mol. The third-order valence-corrected chi connectivity index (χ3v) is 1.87. The molecule has 0 bridgehead atoms. The number of guanidine groups is 2. The number of aliphatic imine (C=N–C) groups is 2. The summed E-state index contributed by atoms with van der Waals surface area (Å²) in [5, 5.41) is 0. The lowest BCUT2D eigenvalue weighted by Crippen LogP contribution is -2.26. The topological polar surface area (TPSA) is 129 Å². The van der Waals surface area contributed by atoms with Crippen molar-refractivity contribution in [2.45, 2.75) is 6.92 Å².